The second-order valence-electron chi connectivity index (χ2n) is 10.3. The summed E-state index contributed by atoms with van der Waals surface area (Å²) in [7, 11) is 3.31. The predicted molar refractivity (Wildman–Crippen MR) is 147 cm³/mol. The first kappa shape index (κ1) is 31.5. The molecule has 1 aromatic rings. The molecule has 0 radical (unpaired) electrons. The summed E-state index contributed by atoms with van der Waals surface area (Å²) in [5, 5.41) is 14.1. The zero-order chi connectivity index (χ0) is 27.2. The molecule has 1 amide bonds. The van der Waals surface area contributed by atoms with Crippen molar-refractivity contribution in [3.05, 3.63) is 23.8 Å². The molecule has 1 unspecified atom stereocenters. The Bertz CT molecular complexity index is 788. The number of benzene rings is 1. The SMILES string of the molecule is COCCCOc1cc(C[C@@H](C[C@H](NC(=O)OC(C)Cl)[C@@H](O)CN2CCCCC2)C(C)C)ccc1OC. The lowest BCUT2D eigenvalue weighted by Crippen LogP contribution is -2.50. The molecule has 4 atom stereocenters. The van der Waals surface area contributed by atoms with E-state index >= 15 is 0 Å². The molecule has 0 aromatic heterocycles. The molecule has 9 heteroatoms. The molecule has 1 aliphatic rings. The van der Waals surface area contributed by atoms with Gasteiger partial charge >= 0.3 is 6.09 Å². The van der Waals surface area contributed by atoms with E-state index in [0.29, 0.717) is 43.6 Å². The molecule has 0 aliphatic carbocycles. The summed E-state index contributed by atoms with van der Waals surface area (Å²) in [6, 6.07) is 5.54. The van der Waals surface area contributed by atoms with Crippen molar-refractivity contribution in [3.8, 4) is 11.5 Å². The number of methoxy groups -OCH3 is 2. The van der Waals surface area contributed by atoms with Crippen LogP contribution in [0.25, 0.3) is 0 Å². The second kappa shape index (κ2) is 17.0. The molecule has 0 bridgehead atoms. The van der Waals surface area contributed by atoms with Crippen molar-refractivity contribution in [1.82, 2.24) is 10.2 Å². The van der Waals surface area contributed by atoms with Gasteiger partial charge in [0.1, 0.15) is 0 Å². The van der Waals surface area contributed by atoms with Gasteiger partial charge in [0.25, 0.3) is 0 Å². The van der Waals surface area contributed by atoms with E-state index in [1.54, 1.807) is 21.1 Å². The van der Waals surface area contributed by atoms with Crippen molar-refractivity contribution in [2.45, 2.75) is 77.0 Å². The molecule has 1 heterocycles. The van der Waals surface area contributed by atoms with Gasteiger partial charge in [-0.25, -0.2) is 4.79 Å². The van der Waals surface area contributed by atoms with Crippen LogP contribution in [0.1, 0.15) is 58.4 Å². The molecule has 1 aliphatic heterocycles. The quantitative estimate of drug-likeness (QED) is 0.228. The number of alkyl halides is 1. The maximum atomic E-state index is 12.5. The lowest BCUT2D eigenvalue weighted by Gasteiger charge is -2.34. The summed E-state index contributed by atoms with van der Waals surface area (Å²) in [5.41, 5.74) is 0.366. The molecule has 1 fully saturated rings. The van der Waals surface area contributed by atoms with Crippen molar-refractivity contribution in [3.63, 3.8) is 0 Å². The molecular weight excluding hydrogens is 496 g/mol. The fourth-order valence-electron chi connectivity index (χ4n) is 4.75. The molecule has 1 saturated heterocycles. The Labute approximate surface area is 227 Å². The van der Waals surface area contributed by atoms with Crippen LogP contribution in [-0.2, 0) is 15.9 Å². The zero-order valence-electron chi connectivity index (χ0n) is 23.2. The summed E-state index contributed by atoms with van der Waals surface area (Å²) < 4.78 is 21.7. The van der Waals surface area contributed by atoms with Gasteiger partial charge in [0.05, 0.1) is 25.9 Å². The van der Waals surface area contributed by atoms with Crippen LogP contribution in [0.4, 0.5) is 4.79 Å². The van der Waals surface area contributed by atoms with Gasteiger partial charge in [0.15, 0.2) is 17.1 Å². The molecule has 8 nitrogen and oxygen atoms in total. The minimum atomic E-state index is -0.748. The van der Waals surface area contributed by atoms with Crippen LogP contribution < -0.4 is 14.8 Å². The fourth-order valence-corrected chi connectivity index (χ4v) is 4.83. The van der Waals surface area contributed by atoms with Crippen LogP contribution in [0.15, 0.2) is 18.2 Å². The van der Waals surface area contributed by atoms with Gasteiger partial charge in [-0.2, -0.15) is 0 Å². The molecular formula is C28H47ClN2O6. The van der Waals surface area contributed by atoms with Crippen molar-refractivity contribution >= 4 is 17.7 Å². The van der Waals surface area contributed by atoms with E-state index in [2.05, 4.69) is 24.1 Å². The van der Waals surface area contributed by atoms with Crippen LogP contribution in [0, 0.1) is 11.8 Å². The van der Waals surface area contributed by atoms with Crippen LogP contribution in [0.3, 0.4) is 0 Å². The van der Waals surface area contributed by atoms with Gasteiger partial charge in [-0.15, -0.1) is 0 Å². The Morgan fingerprint density at radius 1 is 1.11 bits per heavy atom. The van der Waals surface area contributed by atoms with E-state index in [4.69, 9.17) is 30.5 Å². The number of hydrogen-bond acceptors (Lipinski definition) is 7. The Hall–Kier alpha value is -1.74. The number of halogens is 1. The molecule has 37 heavy (non-hydrogen) atoms. The standard InChI is InChI=1S/C28H47ClN2O6/c1-20(2)23(16-22-10-11-26(35-5)27(17-22)36-15-9-14-34-4)18-24(30-28(33)37-21(3)29)25(32)19-31-12-7-6-8-13-31/h10-11,17,20-21,23-25,32H,6-9,12-16,18-19H2,1-5H3,(H,30,33)/t21?,23-,24-,25-/m0/s1. The summed E-state index contributed by atoms with van der Waals surface area (Å²) >= 11 is 5.87. The third-order valence-electron chi connectivity index (χ3n) is 6.91. The van der Waals surface area contributed by atoms with Crippen molar-refractivity contribution < 1.29 is 28.8 Å². The third-order valence-corrected chi connectivity index (χ3v) is 7.00. The van der Waals surface area contributed by atoms with Crippen LogP contribution in [-0.4, -0.2) is 80.9 Å². The summed E-state index contributed by atoms with van der Waals surface area (Å²) in [6.45, 7) is 9.57. The summed E-state index contributed by atoms with van der Waals surface area (Å²) in [4.78, 5) is 14.7. The average molecular weight is 543 g/mol. The highest BCUT2D eigenvalue weighted by Crippen LogP contribution is 2.31. The van der Waals surface area contributed by atoms with Crippen LogP contribution >= 0.6 is 11.6 Å². The number of likely N-dealkylation sites (tertiary alicyclic amines) is 1. The Morgan fingerprint density at radius 2 is 1.84 bits per heavy atom. The minimum absolute atomic E-state index is 0.199. The Morgan fingerprint density at radius 3 is 2.46 bits per heavy atom. The number of hydrogen-bond donors (Lipinski definition) is 2. The molecule has 212 valence electrons. The zero-order valence-corrected chi connectivity index (χ0v) is 24.0. The fraction of sp³-hybridized carbons (Fsp3) is 0.750. The number of ether oxygens (including phenoxy) is 4. The van der Waals surface area contributed by atoms with Gasteiger partial charge in [-0.1, -0.05) is 37.9 Å². The smallest absolute Gasteiger partial charge is 0.408 e. The van der Waals surface area contributed by atoms with E-state index < -0.39 is 23.8 Å². The molecule has 0 spiro atoms. The number of piperidine rings is 1. The molecule has 2 N–H and O–H groups in total. The first-order valence-corrected chi connectivity index (χ1v) is 14.0. The number of nitrogens with one attached hydrogen (secondary N) is 1. The van der Waals surface area contributed by atoms with Crippen LogP contribution in [0.2, 0.25) is 0 Å². The van der Waals surface area contributed by atoms with E-state index in [1.807, 2.05) is 18.2 Å². The summed E-state index contributed by atoms with van der Waals surface area (Å²) in [6.07, 6.45) is 4.34. The van der Waals surface area contributed by atoms with Gasteiger partial charge in [-0.3, -0.25) is 0 Å². The van der Waals surface area contributed by atoms with Crippen LogP contribution in [0.5, 0.6) is 11.5 Å². The van der Waals surface area contributed by atoms with Gasteiger partial charge in [0, 0.05) is 26.7 Å². The number of aliphatic hydroxyl groups is 1. The maximum Gasteiger partial charge on any atom is 0.408 e. The molecule has 2 rings (SSSR count). The largest absolute Gasteiger partial charge is 0.493 e. The van der Waals surface area contributed by atoms with Gasteiger partial charge in [-0.05, 0) is 75.2 Å². The number of carbonyl (C=O) groups is 1. The Kier molecular flexibility index (Phi) is 14.4. The number of alkyl carbamates (subject to hydrolysis) is 1. The Balaban J connectivity index is 2.14. The first-order chi connectivity index (χ1) is 17.7. The van der Waals surface area contributed by atoms with Gasteiger partial charge < -0.3 is 34.3 Å². The number of β-amino-alcohol motifs (C(OH)–C–C–N with tert-alkyl or cyclic N) is 1. The lowest BCUT2D eigenvalue weighted by atomic mass is 9.83. The third kappa shape index (κ3) is 11.7. The molecule has 0 saturated carbocycles. The van der Waals surface area contributed by atoms with Crippen molar-refractivity contribution in [2.75, 3.05) is 47.1 Å². The van der Waals surface area contributed by atoms with E-state index in [-0.39, 0.29) is 5.92 Å². The average Bonchev–Trinajstić information content (AvgIpc) is 2.86. The number of aliphatic hydroxyl groups excluding tert-OH is 1. The van der Waals surface area contributed by atoms with E-state index in [9.17, 15) is 9.90 Å². The lowest BCUT2D eigenvalue weighted by molar-refractivity contribution is 0.0547. The first-order valence-electron chi connectivity index (χ1n) is 13.5. The highest BCUT2D eigenvalue weighted by Gasteiger charge is 2.29. The molecule has 1 aromatic carbocycles. The number of amides is 1. The number of rotatable bonds is 16. The van der Waals surface area contributed by atoms with Crippen molar-refractivity contribution in [2.24, 2.45) is 11.8 Å². The summed E-state index contributed by atoms with van der Waals surface area (Å²) in [5.74, 6) is 1.92. The maximum absolute atomic E-state index is 12.5. The monoisotopic (exact) mass is 542 g/mol. The van der Waals surface area contributed by atoms with Crippen molar-refractivity contribution in [1.29, 1.82) is 0 Å². The normalized spacial score (nSPS) is 17.6. The highest BCUT2D eigenvalue weighted by molar-refractivity contribution is 6.19. The highest BCUT2D eigenvalue weighted by atomic mass is 35.5. The van der Waals surface area contributed by atoms with Gasteiger partial charge in [0.2, 0.25) is 0 Å². The number of nitrogens with zero attached hydrogens (tertiary/aromatic N) is 1. The van der Waals surface area contributed by atoms with E-state index in [1.165, 1.54) is 6.42 Å². The minimum Gasteiger partial charge on any atom is -0.493 e. The second-order valence-corrected chi connectivity index (χ2v) is 10.9. The topological polar surface area (TPSA) is 89.5 Å². The predicted octanol–water partition coefficient (Wildman–Crippen LogP) is 4.84. The van der Waals surface area contributed by atoms with E-state index in [0.717, 1.165) is 44.3 Å². The number of carbonyl (C=O) groups excluding carboxylic acids is 1.